The summed E-state index contributed by atoms with van der Waals surface area (Å²) < 4.78 is 9.10. The summed E-state index contributed by atoms with van der Waals surface area (Å²) in [5.41, 5.74) is 2.64. The molecule has 1 amide bonds. The van der Waals surface area contributed by atoms with Gasteiger partial charge in [-0.15, -0.1) is 5.10 Å². The molecule has 22 heavy (non-hydrogen) atoms. The van der Waals surface area contributed by atoms with Crippen LogP contribution in [0.4, 0.5) is 4.79 Å². The molecule has 0 aliphatic rings. The number of rotatable bonds is 4. The van der Waals surface area contributed by atoms with E-state index in [0.29, 0.717) is 12.3 Å². The fourth-order valence-corrected chi connectivity index (χ4v) is 2.39. The van der Waals surface area contributed by atoms with Gasteiger partial charge < -0.3 is 10.1 Å². The summed E-state index contributed by atoms with van der Waals surface area (Å²) >= 11 is 1.28. The van der Waals surface area contributed by atoms with Crippen molar-refractivity contribution in [1.29, 1.82) is 0 Å². The number of amides is 1. The maximum atomic E-state index is 11.8. The minimum atomic E-state index is -0.489. The topological polar surface area (TPSA) is 64.1 Å². The fraction of sp³-hybridized carbons (Fsp3) is 0.0625. The zero-order valence-corrected chi connectivity index (χ0v) is 12.4. The Morgan fingerprint density at radius 1 is 1.14 bits per heavy atom. The number of carbonyl (C=O) groups is 1. The highest BCUT2D eigenvalue weighted by Crippen LogP contribution is 2.22. The van der Waals surface area contributed by atoms with Crippen LogP contribution in [0.3, 0.4) is 0 Å². The number of hydrogen-bond donors (Lipinski definition) is 1. The van der Waals surface area contributed by atoms with Crippen LogP contribution in [0.1, 0.15) is 5.56 Å². The summed E-state index contributed by atoms with van der Waals surface area (Å²) in [6, 6.07) is 16.9. The lowest BCUT2D eigenvalue weighted by Gasteiger charge is -2.07. The molecule has 0 spiro atoms. The number of nitrogens with zero attached hydrogens (tertiary/aromatic N) is 2. The molecule has 2 aromatic carbocycles. The molecule has 0 bridgehead atoms. The Morgan fingerprint density at radius 2 is 2.00 bits per heavy atom. The second kappa shape index (κ2) is 6.82. The van der Waals surface area contributed by atoms with Crippen LogP contribution in [0.2, 0.25) is 0 Å². The zero-order chi connectivity index (χ0) is 15.2. The number of hydrogen-bond acceptors (Lipinski definition) is 5. The van der Waals surface area contributed by atoms with Crippen molar-refractivity contribution in [2.24, 2.45) is 0 Å². The zero-order valence-electron chi connectivity index (χ0n) is 11.6. The first-order valence-electron chi connectivity index (χ1n) is 6.68. The van der Waals surface area contributed by atoms with Crippen LogP contribution in [0, 0.1) is 0 Å². The van der Waals surface area contributed by atoms with Crippen molar-refractivity contribution < 1.29 is 9.53 Å². The molecule has 6 heteroatoms. The van der Waals surface area contributed by atoms with Gasteiger partial charge in [-0.1, -0.05) is 47.0 Å². The highest BCUT2D eigenvalue weighted by molar-refractivity contribution is 7.03. The molecule has 1 N–H and O–H groups in total. The molecule has 3 aromatic rings. The second-order valence-corrected chi connectivity index (χ2v) is 5.16. The predicted molar refractivity (Wildman–Crippen MR) is 84.7 cm³/mol. The van der Waals surface area contributed by atoms with Gasteiger partial charge in [0.25, 0.3) is 0 Å². The third kappa shape index (κ3) is 3.67. The SMILES string of the molecule is O=C(NCc1ccccc1)Oc1cccc(-c2csnn2)c1. The number of benzene rings is 2. The monoisotopic (exact) mass is 311 g/mol. The first-order chi connectivity index (χ1) is 10.8. The Balaban J connectivity index is 1.61. The highest BCUT2D eigenvalue weighted by atomic mass is 32.1. The number of ether oxygens (including phenoxy) is 1. The molecule has 110 valence electrons. The van der Waals surface area contributed by atoms with Crippen LogP contribution < -0.4 is 10.1 Å². The van der Waals surface area contributed by atoms with E-state index >= 15 is 0 Å². The highest BCUT2D eigenvalue weighted by Gasteiger charge is 2.07. The van der Waals surface area contributed by atoms with Gasteiger partial charge >= 0.3 is 6.09 Å². The van der Waals surface area contributed by atoms with Gasteiger partial charge in [-0.05, 0) is 29.2 Å². The normalized spacial score (nSPS) is 10.2. The quantitative estimate of drug-likeness (QED) is 0.801. The maximum absolute atomic E-state index is 11.8. The lowest BCUT2D eigenvalue weighted by Crippen LogP contribution is -2.26. The molecule has 1 aromatic heterocycles. The molecule has 0 fully saturated rings. The molecule has 0 radical (unpaired) electrons. The van der Waals surface area contributed by atoms with E-state index in [-0.39, 0.29) is 0 Å². The summed E-state index contributed by atoms with van der Waals surface area (Å²) in [6.45, 7) is 0.426. The molecule has 1 heterocycles. The van der Waals surface area contributed by atoms with E-state index in [0.717, 1.165) is 16.8 Å². The molecule has 0 atom stereocenters. The van der Waals surface area contributed by atoms with Crippen molar-refractivity contribution in [3.8, 4) is 17.0 Å². The van der Waals surface area contributed by atoms with Crippen molar-refractivity contribution in [3.05, 3.63) is 65.5 Å². The van der Waals surface area contributed by atoms with Gasteiger partial charge in [0.05, 0.1) is 0 Å². The Kier molecular flexibility index (Phi) is 4.41. The van der Waals surface area contributed by atoms with Gasteiger partial charge in [-0.2, -0.15) is 0 Å². The van der Waals surface area contributed by atoms with Crippen molar-refractivity contribution in [3.63, 3.8) is 0 Å². The van der Waals surface area contributed by atoms with Gasteiger partial charge in [-0.25, -0.2) is 4.79 Å². The van der Waals surface area contributed by atoms with Crippen LogP contribution >= 0.6 is 11.5 Å². The Bertz CT molecular complexity index is 745. The molecule has 3 rings (SSSR count). The van der Waals surface area contributed by atoms with Crippen LogP contribution in [-0.4, -0.2) is 15.7 Å². The van der Waals surface area contributed by atoms with Crippen LogP contribution in [0.25, 0.3) is 11.3 Å². The Hall–Kier alpha value is -2.73. The minimum Gasteiger partial charge on any atom is -0.410 e. The summed E-state index contributed by atoms with van der Waals surface area (Å²) in [5.74, 6) is 0.469. The summed E-state index contributed by atoms with van der Waals surface area (Å²) in [6.07, 6.45) is -0.489. The van der Waals surface area contributed by atoms with Crippen LogP contribution in [0.15, 0.2) is 60.0 Å². The van der Waals surface area contributed by atoms with E-state index in [1.54, 1.807) is 12.1 Å². The van der Waals surface area contributed by atoms with Crippen molar-refractivity contribution in [2.75, 3.05) is 0 Å². The van der Waals surface area contributed by atoms with Gasteiger partial charge in [0.2, 0.25) is 0 Å². The van der Waals surface area contributed by atoms with Crippen molar-refractivity contribution >= 4 is 17.6 Å². The molecular weight excluding hydrogens is 298 g/mol. The smallest absolute Gasteiger partial charge is 0.410 e. The number of aromatic nitrogens is 2. The molecule has 0 saturated heterocycles. The molecule has 0 aliphatic heterocycles. The van der Waals surface area contributed by atoms with Gasteiger partial charge in [0.1, 0.15) is 11.4 Å². The van der Waals surface area contributed by atoms with E-state index in [4.69, 9.17) is 4.74 Å². The van der Waals surface area contributed by atoms with E-state index in [1.165, 1.54) is 11.5 Å². The first-order valence-corrected chi connectivity index (χ1v) is 7.52. The Morgan fingerprint density at radius 3 is 2.77 bits per heavy atom. The van der Waals surface area contributed by atoms with E-state index in [9.17, 15) is 4.79 Å². The summed E-state index contributed by atoms with van der Waals surface area (Å²) in [7, 11) is 0. The minimum absolute atomic E-state index is 0.426. The lowest BCUT2D eigenvalue weighted by molar-refractivity contribution is 0.200. The van der Waals surface area contributed by atoms with Crippen molar-refractivity contribution in [1.82, 2.24) is 14.9 Å². The molecule has 5 nitrogen and oxygen atoms in total. The fourth-order valence-electron chi connectivity index (χ4n) is 1.92. The summed E-state index contributed by atoms with van der Waals surface area (Å²) in [5, 5.41) is 8.55. The third-order valence-electron chi connectivity index (χ3n) is 2.98. The van der Waals surface area contributed by atoms with Gasteiger partial charge in [-0.3, -0.25) is 0 Å². The average molecular weight is 311 g/mol. The maximum Gasteiger partial charge on any atom is 0.412 e. The van der Waals surface area contributed by atoms with Gasteiger partial charge in [0.15, 0.2) is 0 Å². The predicted octanol–water partition coefficient (Wildman–Crippen LogP) is 3.49. The number of nitrogens with one attached hydrogen (secondary N) is 1. The largest absolute Gasteiger partial charge is 0.412 e. The standard InChI is InChI=1S/C16H13N3O2S/c20-16(17-10-12-5-2-1-3-6-12)21-14-8-4-7-13(9-14)15-11-22-19-18-15/h1-9,11H,10H2,(H,17,20). The Labute approximate surface area is 131 Å². The number of carbonyl (C=O) groups excluding carboxylic acids is 1. The van der Waals surface area contributed by atoms with Crippen LogP contribution in [0.5, 0.6) is 5.75 Å². The average Bonchev–Trinajstić information content (AvgIpc) is 3.09. The van der Waals surface area contributed by atoms with E-state index in [2.05, 4.69) is 14.9 Å². The van der Waals surface area contributed by atoms with Gasteiger partial charge in [0, 0.05) is 17.5 Å². The summed E-state index contributed by atoms with van der Waals surface area (Å²) in [4.78, 5) is 11.8. The lowest BCUT2D eigenvalue weighted by atomic mass is 10.2. The molecular formula is C16H13N3O2S. The third-order valence-corrected chi connectivity index (χ3v) is 3.48. The second-order valence-electron chi connectivity index (χ2n) is 4.55. The van der Waals surface area contributed by atoms with Crippen molar-refractivity contribution in [2.45, 2.75) is 6.54 Å². The van der Waals surface area contributed by atoms with Crippen LogP contribution in [-0.2, 0) is 6.54 Å². The van der Waals surface area contributed by atoms with E-state index < -0.39 is 6.09 Å². The molecule has 0 aliphatic carbocycles. The molecule has 0 unspecified atom stereocenters. The first kappa shape index (κ1) is 14.2. The van der Waals surface area contributed by atoms with E-state index in [1.807, 2.05) is 47.8 Å². The molecule has 0 saturated carbocycles.